The van der Waals surface area contributed by atoms with Crippen molar-refractivity contribution in [2.45, 2.75) is 19.3 Å². The Kier molecular flexibility index (Phi) is 8.22. The quantitative estimate of drug-likeness (QED) is 0.311. The van der Waals surface area contributed by atoms with E-state index >= 15 is 0 Å². The monoisotopic (exact) mass is 444 g/mol. The van der Waals surface area contributed by atoms with Gasteiger partial charge in [-0.25, -0.2) is 15.4 Å². The van der Waals surface area contributed by atoms with Gasteiger partial charge < -0.3 is 15.1 Å². The van der Waals surface area contributed by atoms with Gasteiger partial charge in [0.25, 0.3) is 5.91 Å². The molecule has 0 aliphatic carbocycles. The number of amides is 1. The summed E-state index contributed by atoms with van der Waals surface area (Å²) in [6, 6.07) is 5.95. The second-order valence-electron chi connectivity index (χ2n) is 7.66. The molecule has 0 unspecified atom stereocenters. The number of nitrogens with one attached hydrogen (secondary N) is 2. The molecule has 0 radical (unpaired) electrons. The van der Waals surface area contributed by atoms with Gasteiger partial charge in [-0.05, 0) is 68.2 Å². The van der Waals surface area contributed by atoms with Crippen molar-refractivity contribution < 1.29 is 10.0 Å². The van der Waals surface area contributed by atoms with Crippen molar-refractivity contribution in [3.05, 3.63) is 59.5 Å². The van der Waals surface area contributed by atoms with Crippen LogP contribution in [-0.4, -0.2) is 54.3 Å². The number of hydrogen-bond acceptors (Lipinski definition) is 7. The Labute approximate surface area is 187 Å². The summed E-state index contributed by atoms with van der Waals surface area (Å²) < 4.78 is 0. The van der Waals surface area contributed by atoms with E-state index in [4.69, 9.17) is 16.8 Å². The first-order chi connectivity index (χ1) is 15.0. The lowest BCUT2D eigenvalue weighted by molar-refractivity contribution is 0.0705. The first-order valence-electron chi connectivity index (χ1n) is 10.4. The molecule has 1 aromatic heterocycles. The van der Waals surface area contributed by atoms with Crippen molar-refractivity contribution in [1.82, 2.24) is 20.8 Å². The molecule has 8 nitrogen and oxygen atoms in total. The van der Waals surface area contributed by atoms with Gasteiger partial charge in [0.1, 0.15) is 0 Å². The highest BCUT2D eigenvalue weighted by atomic mass is 35.5. The molecule has 2 heterocycles. The minimum Gasteiger partial charge on any atom is -0.351 e. The number of benzene rings is 1. The van der Waals surface area contributed by atoms with Crippen molar-refractivity contribution in [3.8, 4) is 0 Å². The van der Waals surface area contributed by atoms with Crippen LogP contribution in [0.4, 0.5) is 11.6 Å². The van der Waals surface area contributed by atoms with Crippen LogP contribution in [0, 0.1) is 5.92 Å². The fourth-order valence-corrected chi connectivity index (χ4v) is 3.92. The second-order valence-corrected chi connectivity index (χ2v) is 8.10. The number of hydrogen-bond donors (Lipinski definition) is 3. The van der Waals surface area contributed by atoms with Crippen LogP contribution < -0.4 is 20.6 Å². The lowest BCUT2D eigenvalue weighted by atomic mass is 9.97. The summed E-state index contributed by atoms with van der Waals surface area (Å²) in [6.45, 7) is 7.44. The molecular formula is C22H29ClN6O2. The predicted octanol–water partition coefficient (Wildman–Crippen LogP) is 2.88. The molecule has 1 aliphatic rings. The van der Waals surface area contributed by atoms with Gasteiger partial charge in [0.15, 0.2) is 0 Å². The highest BCUT2D eigenvalue weighted by Gasteiger charge is 2.21. The van der Waals surface area contributed by atoms with E-state index in [0.717, 1.165) is 56.2 Å². The molecule has 1 saturated heterocycles. The zero-order valence-electron chi connectivity index (χ0n) is 17.7. The Balaban J connectivity index is 1.43. The zero-order valence-corrected chi connectivity index (χ0v) is 18.5. The first kappa shape index (κ1) is 23.0. The minimum absolute atomic E-state index is 0.229. The van der Waals surface area contributed by atoms with Gasteiger partial charge in [0.05, 0.1) is 5.56 Å². The van der Waals surface area contributed by atoms with Gasteiger partial charge >= 0.3 is 0 Å². The SMILES string of the molecule is C=CN(C)c1ccc(Cl)cc1CCNCC1CCN(c2ncc(C(=O)NO)cn2)CC1. The average Bonchev–Trinajstić information content (AvgIpc) is 2.81. The molecule has 1 fully saturated rings. The van der Waals surface area contributed by atoms with Crippen LogP contribution in [0.15, 0.2) is 43.4 Å². The van der Waals surface area contributed by atoms with Gasteiger partial charge in [-0.3, -0.25) is 10.0 Å². The number of nitrogens with zero attached hydrogens (tertiary/aromatic N) is 4. The second kappa shape index (κ2) is 11.1. The van der Waals surface area contributed by atoms with Crippen molar-refractivity contribution in [1.29, 1.82) is 0 Å². The molecule has 3 rings (SSSR count). The Morgan fingerprint density at radius 2 is 2.06 bits per heavy atom. The van der Waals surface area contributed by atoms with Crippen LogP contribution >= 0.6 is 11.6 Å². The van der Waals surface area contributed by atoms with E-state index in [1.807, 2.05) is 30.1 Å². The number of carbonyl (C=O) groups excluding carboxylic acids is 1. The predicted molar refractivity (Wildman–Crippen MR) is 123 cm³/mol. The summed E-state index contributed by atoms with van der Waals surface area (Å²) >= 11 is 6.18. The normalized spacial score (nSPS) is 14.4. The smallest absolute Gasteiger partial charge is 0.277 e. The third-order valence-corrected chi connectivity index (χ3v) is 5.83. The van der Waals surface area contributed by atoms with Crippen LogP contribution in [0.25, 0.3) is 0 Å². The molecular weight excluding hydrogens is 416 g/mol. The highest BCUT2D eigenvalue weighted by molar-refractivity contribution is 6.30. The average molecular weight is 445 g/mol. The van der Waals surface area contributed by atoms with Gasteiger partial charge in [-0.15, -0.1) is 0 Å². The molecule has 0 atom stereocenters. The number of halogens is 1. The van der Waals surface area contributed by atoms with Gasteiger partial charge in [0.2, 0.25) is 5.95 Å². The van der Waals surface area contributed by atoms with E-state index in [1.54, 1.807) is 11.7 Å². The standard InChI is InChI=1S/C22H29ClN6O2/c1-3-28(2)20-5-4-19(23)12-17(20)6-9-24-13-16-7-10-29(11-8-16)22-25-14-18(15-26-22)21(30)27-31/h3-5,12,14-16,24,31H,1,6-11,13H2,2H3,(H,27,30). The van der Waals surface area contributed by atoms with Crippen LogP contribution in [0.3, 0.4) is 0 Å². The maximum Gasteiger partial charge on any atom is 0.277 e. The summed E-state index contributed by atoms with van der Waals surface area (Å²) in [5.74, 6) is 0.600. The number of piperidine rings is 1. The van der Waals surface area contributed by atoms with Gasteiger partial charge in [-0.1, -0.05) is 18.2 Å². The summed E-state index contributed by atoms with van der Waals surface area (Å²) in [5, 5.41) is 13.0. The summed E-state index contributed by atoms with van der Waals surface area (Å²) in [7, 11) is 1.99. The van der Waals surface area contributed by atoms with E-state index in [0.29, 0.717) is 11.9 Å². The number of hydroxylamine groups is 1. The fourth-order valence-electron chi connectivity index (χ4n) is 3.73. The van der Waals surface area contributed by atoms with Crippen LogP contribution in [-0.2, 0) is 6.42 Å². The van der Waals surface area contributed by atoms with Crippen molar-refractivity contribution in [2.24, 2.45) is 5.92 Å². The molecule has 9 heteroatoms. The number of anilines is 2. The summed E-state index contributed by atoms with van der Waals surface area (Å²) in [6.07, 6.45) is 7.65. The van der Waals surface area contributed by atoms with E-state index in [9.17, 15) is 4.79 Å². The summed E-state index contributed by atoms with van der Waals surface area (Å²) in [4.78, 5) is 24.0. The van der Waals surface area contributed by atoms with Crippen LogP contribution in [0.1, 0.15) is 28.8 Å². The lowest BCUT2D eigenvalue weighted by Gasteiger charge is -2.32. The van der Waals surface area contributed by atoms with E-state index in [2.05, 4.69) is 26.8 Å². The van der Waals surface area contributed by atoms with E-state index < -0.39 is 5.91 Å². The third kappa shape index (κ3) is 6.16. The topological polar surface area (TPSA) is 93.6 Å². The van der Waals surface area contributed by atoms with Gasteiger partial charge in [0, 0.05) is 43.2 Å². The Morgan fingerprint density at radius 3 is 2.71 bits per heavy atom. The highest BCUT2D eigenvalue weighted by Crippen LogP contribution is 2.24. The molecule has 166 valence electrons. The van der Waals surface area contributed by atoms with E-state index in [-0.39, 0.29) is 5.56 Å². The lowest BCUT2D eigenvalue weighted by Crippen LogP contribution is -2.38. The third-order valence-electron chi connectivity index (χ3n) is 5.60. The molecule has 0 bridgehead atoms. The largest absolute Gasteiger partial charge is 0.351 e. The van der Waals surface area contributed by atoms with Crippen LogP contribution in [0.5, 0.6) is 0 Å². The molecule has 1 aliphatic heterocycles. The Bertz CT molecular complexity index is 884. The van der Waals surface area contributed by atoms with Crippen molar-refractivity contribution in [2.75, 3.05) is 43.0 Å². The molecule has 2 aromatic rings. The molecule has 0 spiro atoms. The van der Waals surface area contributed by atoms with Crippen molar-refractivity contribution in [3.63, 3.8) is 0 Å². The zero-order chi connectivity index (χ0) is 22.2. The molecule has 0 saturated carbocycles. The number of carbonyl (C=O) groups is 1. The molecule has 1 amide bonds. The first-order valence-corrected chi connectivity index (χ1v) is 10.8. The Hall–Kier alpha value is -2.68. The van der Waals surface area contributed by atoms with E-state index in [1.165, 1.54) is 18.0 Å². The van der Waals surface area contributed by atoms with Crippen molar-refractivity contribution >= 4 is 29.1 Å². The summed E-state index contributed by atoms with van der Waals surface area (Å²) in [5.41, 5.74) is 4.14. The maximum atomic E-state index is 11.4. The molecule has 1 aromatic carbocycles. The number of aromatic nitrogens is 2. The minimum atomic E-state index is -0.614. The van der Waals surface area contributed by atoms with Gasteiger partial charge in [-0.2, -0.15) is 0 Å². The molecule has 31 heavy (non-hydrogen) atoms. The fraction of sp³-hybridized carbons (Fsp3) is 0.409. The maximum absolute atomic E-state index is 11.4. The number of rotatable bonds is 9. The van der Waals surface area contributed by atoms with Crippen LogP contribution in [0.2, 0.25) is 5.02 Å². The Morgan fingerprint density at radius 1 is 1.35 bits per heavy atom. The molecule has 3 N–H and O–H groups in total.